The van der Waals surface area contributed by atoms with Crippen molar-refractivity contribution in [3.8, 4) is 34.3 Å². The molecule has 6 aromatic rings. The first-order valence-corrected chi connectivity index (χ1v) is 12.7. The van der Waals surface area contributed by atoms with Gasteiger partial charge in [-0.15, -0.1) is 0 Å². The average Bonchev–Trinajstić information content (AvgIpc) is 3.21. The maximum Gasteiger partial charge on any atom is 0.165 e. The number of hydrogen-bond acceptors (Lipinski definition) is 4. The fourth-order valence-corrected chi connectivity index (χ4v) is 5.74. The van der Waals surface area contributed by atoms with Gasteiger partial charge in [0.1, 0.15) is 11.6 Å². The van der Waals surface area contributed by atoms with Gasteiger partial charge in [-0.3, -0.25) is 0 Å². The molecule has 0 radical (unpaired) electrons. The van der Waals surface area contributed by atoms with Gasteiger partial charge in [0.2, 0.25) is 0 Å². The topological polar surface area (TPSA) is 67.4 Å². The second-order valence-electron chi connectivity index (χ2n) is 9.96. The van der Waals surface area contributed by atoms with Crippen molar-refractivity contribution in [2.75, 3.05) is 0 Å². The molecule has 2 heterocycles. The number of benzene rings is 4. The van der Waals surface area contributed by atoms with Crippen molar-refractivity contribution in [1.82, 2.24) is 19.5 Å². The van der Waals surface area contributed by atoms with Gasteiger partial charge in [-0.05, 0) is 87.2 Å². The van der Waals surface area contributed by atoms with Crippen LogP contribution in [0.3, 0.4) is 0 Å². The minimum Gasteiger partial charge on any atom is -0.308 e. The molecule has 0 bridgehead atoms. The molecule has 0 amide bonds. The van der Waals surface area contributed by atoms with Crippen LogP contribution in [0.25, 0.3) is 50.0 Å². The number of hydrogen-bond donors (Lipinski definition) is 0. The molecule has 0 saturated heterocycles. The lowest BCUT2D eigenvalue weighted by molar-refractivity contribution is 0.926. The zero-order valence-corrected chi connectivity index (χ0v) is 22.2. The van der Waals surface area contributed by atoms with Crippen molar-refractivity contribution in [3.63, 3.8) is 0 Å². The fraction of sp³-hybridized carbons (Fsp3) is 0.152. The molecule has 0 saturated carbocycles. The summed E-state index contributed by atoms with van der Waals surface area (Å²) in [7, 11) is 0. The maximum atomic E-state index is 9.71. The van der Waals surface area contributed by atoms with Crippen LogP contribution >= 0.6 is 0 Å². The molecule has 6 rings (SSSR count). The highest BCUT2D eigenvalue weighted by Gasteiger charge is 2.19. The van der Waals surface area contributed by atoms with E-state index in [1.54, 1.807) is 0 Å². The van der Waals surface area contributed by atoms with Gasteiger partial charge in [-0.1, -0.05) is 48.0 Å². The Kier molecular flexibility index (Phi) is 5.54. The van der Waals surface area contributed by atoms with Gasteiger partial charge >= 0.3 is 0 Å². The summed E-state index contributed by atoms with van der Waals surface area (Å²) in [6, 6.07) is 27.7. The third-order valence-corrected chi connectivity index (χ3v) is 7.11. The second kappa shape index (κ2) is 8.93. The quantitative estimate of drug-likeness (QED) is 0.253. The van der Waals surface area contributed by atoms with E-state index >= 15 is 0 Å². The van der Waals surface area contributed by atoms with Gasteiger partial charge in [-0.25, -0.2) is 15.0 Å². The lowest BCUT2D eigenvalue weighted by atomic mass is 9.93. The van der Waals surface area contributed by atoms with Crippen LogP contribution in [-0.2, 0) is 0 Å². The summed E-state index contributed by atoms with van der Waals surface area (Å²) in [6.07, 6.45) is 0. The smallest absolute Gasteiger partial charge is 0.165 e. The SMILES string of the molecule is Cc1cc(C)c(-c2ccc3c4ccccc4n(-c4ccc(C#N)cc4-c4nc(C)nc(C)n4)c3c2)c(C)c1. The van der Waals surface area contributed by atoms with Crippen molar-refractivity contribution in [2.24, 2.45) is 0 Å². The van der Waals surface area contributed by atoms with E-state index in [4.69, 9.17) is 0 Å². The van der Waals surface area contributed by atoms with Crippen LogP contribution in [0.1, 0.15) is 33.9 Å². The summed E-state index contributed by atoms with van der Waals surface area (Å²) in [6.45, 7) is 10.2. The van der Waals surface area contributed by atoms with E-state index in [1.807, 2.05) is 32.0 Å². The summed E-state index contributed by atoms with van der Waals surface area (Å²) in [5.74, 6) is 1.86. The molecule has 0 atom stereocenters. The number of para-hydroxylation sites is 1. The second-order valence-corrected chi connectivity index (χ2v) is 9.96. The highest BCUT2D eigenvalue weighted by atomic mass is 15.0. The number of nitriles is 1. The number of aryl methyl sites for hydroxylation is 5. The summed E-state index contributed by atoms with van der Waals surface area (Å²) in [5.41, 5.74) is 10.7. The Morgan fingerprint density at radius 1 is 0.684 bits per heavy atom. The molecular formula is C33H27N5. The van der Waals surface area contributed by atoms with Gasteiger partial charge in [0.25, 0.3) is 0 Å². The molecule has 0 aliphatic heterocycles. The van der Waals surface area contributed by atoms with Crippen LogP contribution in [0.15, 0.2) is 72.8 Å². The van der Waals surface area contributed by atoms with E-state index in [0.717, 1.165) is 22.3 Å². The summed E-state index contributed by atoms with van der Waals surface area (Å²) >= 11 is 0. The predicted octanol–water partition coefficient (Wildman–Crippen LogP) is 7.72. The monoisotopic (exact) mass is 493 g/mol. The molecule has 0 spiro atoms. The minimum atomic E-state index is 0.562. The van der Waals surface area contributed by atoms with Crippen LogP contribution in [0.4, 0.5) is 0 Å². The molecule has 4 aromatic carbocycles. The molecule has 0 aliphatic carbocycles. The lowest BCUT2D eigenvalue weighted by Crippen LogP contribution is -2.03. The third-order valence-electron chi connectivity index (χ3n) is 7.11. The summed E-state index contributed by atoms with van der Waals surface area (Å²) < 4.78 is 2.28. The molecule has 0 aliphatic rings. The average molecular weight is 494 g/mol. The van der Waals surface area contributed by atoms with E-state index in [0.29, 0.717) is 23.0 Å². The first kappa shape index (κ1) is 23.6. The molecule has 5 nitrogen and oxygen atoms in total. The zero-order chi connectivity index (χ0) is 26.6. The minimum absolute atomic E-state index is 0.562. The van der Waals surface area contributed by atoms with Gasteiger partial charge in [0, 0.05) is 16.3 Å². The number of fused-ring (bicyclic) bond motifs is 3. The molecule has 2 aromatic heterocycles. The van der Waals surface area contributed by atoms with Crippen molar-refractivity contribution < 1.29 is 0 Å². The van der Waals surface area contributed by atoms with Gasteiger partial charge in [0.05, 0.1) is 28.4 Å². The van der Waals surface area contributed by atoms with Crippen LogP contribution in [0.2, 0.25) is 0 Å². The molecular weight excluding hydrogens is 466 g/mol. The summed E-state index contributed by atoms with van der Waals surface area (Å²) in [5, 5.41) is 12.0. The first-order chi connectivity index (χ1) is 18.3. The Morgan fingerprint density at radius 2 is 1.37 bits per heavy atom. The maximum absolute atomic E-state index is 9.71. The van der Waals surface area contributed by atoms with Crippen molar-refractivity contribution in [3.05, 3.63) is 107 Å². The van der Waals surface area contributed by atoms with E-state index in [9.17, 15) is 5.26 Å². The van der Waals surface area contributed by atoms with Crippen molar-refractivity contribution in [1.29, 1.82) is 5.26 Å². The number of aromatic nitrogens is 4. The third kappa shape index (κ3) is 3.82. The highest BCUT2D eigenvalue weighted by Crippen LogP contribution is 2.38. The Hall–Kier alpha value is -4.82. The van der Waals surface area contributed by atoms with E-state index < -0.39 is 0 Å². The Morgan fingerprint density at radius 3 is 2.08 bits per heavy atom. The molecule has 0 fully saturated rings. The van der Waals surface area contributed by atoms with Crippen LogP contribution in [0.5, 0.6) is 0 Å². The van der Waals surface area contributed by atoms with E-state index in [2.05, 4.69) is 101 Å². The fourth-order valence-electron chi connectivity index (χ4n) is 5.74. The Labute approximate surface area is 222 Å². The molecule has 184 valence electrons. The normalized spacial score (nSPS) is 11.3. The number of nitrogens with zero attached hydrogens (tertiary/aromatic N) is 5. The molecule has 5 heteroatoms. The van der Waals surface area contributed by atoms with Crippen LogP contribution in [-0.4, -0.2) is 19.5 Å². The standard InChI is InChI=1S/C33H27N5/c1-19-14-20(2)32(21(3)15-19)25-11-12-27-26-8-6-7-9-29(26)38(31(27)17-25)30-13-10-24(18-34)16-28(30)33-36-22(4)35-23(5)37-33/h6-17H,1-5H3. The van der Waals surface area contributed by atoms with Crippen LogP contribution in [0, 0.1) is 45.9 Å². The highest BCUT2D eigenvalue weighted by molar-refractivity contribution is 6.10. The van der Waals surface area contributed by atoms with Gasteiger partial charge in [0.15, 0.2) is 5.82 Å². The number of rotatable bonds is 3. The Balaban J connectivity index is 1.71. The van der Waals surface area contributed by atoms with Crippen LogP contribution < -0.4 is 0 Å². The van der Waals surface area contributed by atoms with Gasteiger partial charge < -0.3 is 4.57 Å². The van der Waals surface area contributed by atoms with E-state index in [-0.39, 0.29) is 0 Å². The lowest BCUT2D eigenvalue weighted by Gasteiger charge is -2.15. The molecule has 0 unspecified atom stereocenters. The largest absolute Gasteiger partial charge is 0.308 e. The van der Waals surface area contributed by atoms with Crippen molar-refractivity contribution >= 4 is 21.8 Å². The molecule has 0 N–H and O–H groups in total. The van der Waals surface area contributed by atoms with E-state index in [1.165, 1.54) is 38.6 Å². The zero-order valence-electron chi connectivity index (χ0n) is 22.2. The Bertz CT molecular complexity index is 1890. The first-order valence-electron chi connectivity index (χ1n) is 12.7. The molecule has 38 heavy (non-hydrogen) atoms. The summed E-state index contributed by atoms with van der Waals surface area (Å²) in [4.78, 5) is 13.7. The predicted molar refractivity (Wildman–Crippen MR) is 153 cm³/mol. The van der Waals surface area contributed by atoms with Crippen molar-refractivity contribution in [2.45, 2.75) is 34.6 Å². The van der Waals surface area contributed by atoms with Gasteiger partial charge in [-0.2, -0.15) is 5.26 Å².